The largest absolute Gasteiger partial charge is 0.508 e. The molecule has 0 aliphatic heterocycles. The summed E-state index contributed by atoms with van der Waals surface area (Å²) in [7, 11) is 0. The Morgan fingerprint density at radius 3 is 2.25 bits per heavy atom. The lowest BCUT2D eigenvalue weighted by molar-refractivity contribution is 0.0978. The van der Waals surface area contributed by atoms with E-state index in [1.54, 1.807) is 24.3 Å². The molecule has 2 aromatic carbocycles. The van der Waals surface area contributed by atoms with Crippen LogP contribution in [0, 0.1) is 0 Å². The minimum atomic E-state index is -0.350. The summed E-state index contributed by atoms with van der Waals surface area (Å²) in [6.45, 7) is 0. The second-order valence-corrected chi connectivity index (χ2v) is 4.81. The fraction of sp³-hybridized carbons (Fsp3) is 0. The Hall–Kier alpha value is -2.11. The van der Waals surface area contributed by atoms with Gasteiger partial charge in [0.2, 0.25) is 0 Å². The Bertz CT molecular complexity index is 627. The molecule has 3 N–H and O–H groups in total. The first-order chi connectivity index (χ1) is 9.54. The van der Waals surface area contributed by atoms with E-state index in [4.69, 9.17) is 28.9 Å². The van der Waals surface area contributed by atoms with Crippen molar-refractivity contribution in [1.82, 2.24) is 5.32 Å². The molecular formula is C14H11ClN2O2S. The van der Waals surface area contributed by atoms with E-state index in [1.165, 1.54) is 24.3 Å². The first kappa shape index (κ1) is 14.3. The molecule has 0 spiro atoms. The molecule has 4 nitrogen and oxygen atoms in total. The van der Waals surface area contributed by atoms with Crippen LogP contribution in [0.3, 0.4) is 0 Å². The van der Waals surface area contributed by atoms with Gasteiger partial charge < -0.3 is 10.4 Å². The average Bonchev–Trinajstić information content (AvgIpc) is 2.42. The van der Waals surface area contributed by atoms with E-state index < -0.39 is 0 Å². The zero-order chi connectivity index (χ0) is 14.5. The molecule has 2 aromatic rings. The Morgan fingerprint density at radius 1 is 1.05 bits per heavy atom. The van der Waals surface area contributed by atoms with E-state index in [1.807, 2.05) is 0 Å². The van der Waals surface area contributed by atoms with Crippen LogP contribution in [0.15, 0.2) is 48.5 Å². The molecule has 0 aliphatic carbocycles. The van der Waals surface area contributed by atoms with Gasteiger partial charge in [-0.15, -0.1) is 0 Å². The molecule has 0 radical (unpaired) electrons. The van der Waals surface area contributed by atoms with Gasteiger partial charge in [0, 0.05) is 16.3 Å². The summed E-state index contributed by atoms with van der Waals surface area (Å²) in [5, 5.41) is 15.4. The van der Waals surface area contributed by atoms with Crippen molar-refractivity contribution in [1.29, 1.82) is 0 Å². The number of thiocarbonyl (C=S) groups is 1. The van der Waals surface area contributed by atoms with Gasteiger partial charge >= 0.3 is 0 Å². The second kappa shape index (κ2) is 6.36. The highest BCUT2D eigenvalue weighted by Gasteiger charge is 2.07. The molecule has 0 atom stereocenters. The van der Waals surface area contributed by atoms with E-state index in [2.05, 4.69) is 10.6 Å². The number of hydrogen-bond donors (Lipinski definition) is 3. The molecule has 0 unspecified atom stereocenters. The molecular weight excluding hydrogens is 296 g/mol. The van der Waals surface area contributed by atoms with Crippen LogP contribution in [-0.4, -0.2) is 16.1 Å². The highest BCUT2D eigenvalue weighted by molar-refractivity contribution is 7.80. The van der Waals surface area contributed by atoms with Gasteiger partial charge in [0.15, 0.2) is 5.11 Å². The van der Waals surface area contributed by atoms with Crippen LogP contribution in [0.5, 0.6) is 5.75 Å². The maximum atomic E-state index is 11.9. The Morgan fingerprint density at radius 2 is 1.65 bits per heavy atom. The lowest BCUT2D eigenvalue weighted by Gasteiger charge is -2.09. The number of hydrogen-bond acceptors (Lipinski definition) is 3. The number of carbonyl (C=O) groups is 1. The summed E-state index contributed by atoms with van der Waals surface area (Å²) in [6, 6.07) is 12.8. The summed E-state index contributed by atoms with van der Waals surface area (Å²) < 4.78 is 0. The summed E-state index contributed by atoms with van der Waals surface area (Å²) in [5.74, 6) is -0.250. The van der Waals surface area contributed by atoms with Crippen LogP contribution < -0.4 is 10.6 Å². The quantitative estimate of drug-likeness (QED) is 0.746. The van der Waals surface area contributed by atoms with Crippen molar-refractivity contribution >= 4 is 40.5 Å². The number of rotatable bonds is 2. The monoisotopic (exact) mass is 306 g/mol. The number of benzene rings is 2. The van der Waals surface area contributed by atoms with Crippen molar-refractivity contribution in [3.8, 4) is 5.75 Å². The lowest BCUT2D eigenvalue weighted by atomic mass is 10.2. The van der Waals surface area contributed by atoms with Crippen LogP contribution in [0.25, 0.3) is 0 Å². The average molecular weight is 307 g/mol. The standard InChI is InChI=1S/C14H11ClN2O2S/c15-10-3-5-11(6-4-10)16-14(20)17-13(19)9-1-7-12(18)8-2-9/h1-8,18H,(H2,16,17,19,20). The summed E-state index contributed by atoms with van der Waals surface area (Å²) >= 11 is 10.8. The van der Waals surface area contributed by atoms with Gasteiger partial charge in [0.25, 0.3) is 5.91 Å². The van der Waals surface area contributed by atoms with Crippen LogP contribution in [0.2, 0.25) is 5.02 Å². The number of halogens is 1. The molecule has 0 saturated heterocycles. The number of amides is 1. The number of anilines is 1. The fourth-order valence-electron chi connectivity index (χ4n) is 1.48. The van der Waals surface area contributed by atoms with E-state index in [0.29, 0.717) is 10.6 Å². The second-order valence-electron chi connectivity index (χ2n) is 3.96. The smallest absolute Gasteiger partial charge is 0.257 e. The molecule has 20 heavy (non-hydrogen) atoms. The number of nitrogens with one attached hydrogen (secondary N) is 2. The van der Waals surface area contributed by atoms with Gasteiger partial charge in [-0.25, -0.2) is 0 Å². The number of phenolic OH excluding ortho intramolecular Hbond substituents is 1. The van der Waals surface area contributed by atoms with Crippen LogP contribution in [0.1, 0.15) is 10.4 Å². The Kier molecular flexibility index (Phi) is 4.55. The van der Waals surface area contributed by atoms with Crippen LogP contribution in [-0.2, 0) is 0 Å². The summed E-state index contributed by atoms with van der Waals surface area (Å²) in [4.78, 5) is 11.9. The highest BCUT2D eigenvalue weighted by Crippen LogP contribution is 2.13. The Labute approximate surface area is 126 Å². The van der Waals surface area contributed by atoms with Crippen molar-refractivity contribution < 1.29 is 9.90 Å². The third kappa shape index (κ3) is 3.94. The molecule has 2 rings (SSSR count). The predicted octanol–water partition coefficient (Wildman–Crippen LogP) is 3.17. The van der Waals surface area contributed by atoms with Crippen molar-refractivity contribution in [2.45, 2.75) is 0 Å². The zero-order valence-electron chi connectivity index (χ0n) is 10.3. The molecule has 1 amide bonds. The topological polar surface area (TPSA) is 61.4 Å². The molecule has 0 bridgehead atoms. The fourth-order valence-corrected chi connectivity index (χ4v) is 1.82. The maximum Gasteiger partial charge on any atom is 0.257 e. The van der Waals surface area contributed by atoms with Crippen molar-refractivity contribution in [3.63, 3.8) is 0 Å². The Balaban J connectivity index is 1.95. The van der Waals surface area contributed by atoms with Crippen molar-refractivity contribution in [2.75, 3.05) is 5.32 Å². The summed E-state index contributed by atoms with van der Waals surface area (Å²) in [6.07, 6.45) is 0. The first-order valence-electron chi connectivity index (χ1n) is 5.71. The first-order valence-corrected chi connectivity index (χ1v) is 6.50. The van der Waals surface area contributed by atoms with E-state index in [0.717, 1.165) is 5.69 Å². The maximum absolute atomic E-state index is 11.9. The van der Waals surface area contributed by atoms with Gasteiger partial charge in [0.05, 0.1) is 0 Å². The molecule has 0 aliphatic rings. The molecule has 0 saturated carbocycles. The summed E-state index contributed by atoms with van der Waals surface area (Å²) in [5.41, 5.74) is 1.13. The highest BCUT2D eigenvalue weighted by atomic mass is 35.5. The van der Waals surface area contributed by atoms with E-state index >= 15 is 0 Å². The van der Waals surface area contributed by atoms with Gasteiger partial charge in [-0.1, -0.05) is 11.6 Å². The third-order valence-electron chi connectivity index (χ3n) is 2.46. The number of aromatic hydroxyl groups is 1. The molecule has 0 fully saturated rings. The van der Waals surface area contributed by atoms with E-state index in [-0.39, 0.29) is 16.8 Å². The number of phenols is 1. The SMILES string of the molecule is O=C(NC(=S)Nc1ccc(Cl)cc1)c1ccc(O)cc1. The van der Waals surface area contributed by atoms with Gasteiger partial charge in [-0.05, 0) is 60.7 Å². The van der Waals surface area contributed by atoms with Crippen LogP contribution >= 0.6 is 23.8 Å². The molecule has 6 heteroatoms. The lowest BCUT2D eigenvalue weighted by Crippen LogP contribution is -2.34. The van der Waals surface area contributed by atoms with Crippen LogP contribution in [0.4, 0.5) is 5.69 Å². The molecule has 0 aromatic heterocycles. The zero-order valence-corrected chi connectivity index (χ0v) is 11.8. The number of carbonyl (C=O) groups excluding carboxylic acids is 1. The predicted molar refractivity (Wildman–Crippen MR) is 83.2 cm³/mol. The van der Waals surface area contributed by atoms with Crippen molar-refractivity contribution in [3.05, 3.63) is 59.1 Å². The van der Waals surface area contributed by atoms with Gasteiger partial charge in [-0.3, -0.25) is 10.1 Å². The normalized spacial score (nSPS) is 9.85. The molecule has 102 valence electrons. The third-order valence-corrected chi connectivity index (χ3v) is 2.91. The van der Waals surface area contributed by atoms with E-state index in [9.17, 15) is 4.79 Å². The molecule has 0 heterocycles. The van der Waals surface area contributed by atoms with Gasteiger partial charge in [-0.2, -0.15) is 0 Å². The minimum Gasteiger partial charge on any atom is -0.508 e. The van der Waals surface area contributed by atoms with Crippen molar-refractivity contribution in [2.24, 2.45) is 0 Å². The van der Waals surface area contributed by atoms with Gasteiger partial charge in [0.1, 0.15) is 5.75 Å². The minimum absolute atomic E-state index is 0.100.